The molecule has 0 radical (unpaired) electrons. The Kier molecular flexibility index (Phi) is 20.2. The summed E-state index contributed by atoms with van der Waals surface area (Å²) in [5.41, 5.74) is 2.00. The number of thioether (sulfide) groups is 2. The average Bonchev–Trinajstić information content (AvgIpc) is 4.17. The number of benzene rings is 4. The number of non-ortho nitro benzene ring substituents is 2. The number of β-lactam (4-membered cyclic amide) rings is 2. The van der Waals surface area contributed by atoms with E-state index in [2.05, 4.69) is 13.2 Å². The van der Waals surface area contributed by atoms with Gasteiger partial charge >= 0.3 is 11.9 Å². The molecule has 23 heteroatoms. The third-order valence-electron chi connectivity index (χ3n) is 12.5. The molecule has 2 saturated heterocycles. The van der Waals surface area contributed by atoms with Gasteiger partial charge in [0.2, 0.25) is 11.8 Å². The number of hydrogen-bond donors (Lipinski definition) is 1. The fraction of sp³-hybridized carbons (Fsp3) is 0.298. The molecule has 0 bridgehead atoms. The number of allylic oxidation sites excluding steroid dienone is 2. The highest BCUT2D eigenvalue weighted by molar-refractivity contribution is 8.04. The summed E-state index contributed by atoms with van der Waals surface area (Å²) >= 11 is 2.79. The van der Waals surface area contributed by atoms with Crippen molar-refractivity contribution in [2.75, 3.05) is 40.6 Å². The Hall–Kier alpha value is -8.54. The molecule has 4 aromatic rings. The van der Waals surface area contributed by atoms with Crippen molar-refractivity contribution in [2.24, 2.45) is 17.8 Å². The van der Waals surface area contributed by atoms with Gasteiger partial charge in [-0.3, -0.25) is 39.6 Å². The first-order valence-corrected chi connectivity index (χ1v) is 26.6. The minimum absolute atomic E-state index is 0.00524. The van der Waals surface area contributed by atoms with E-state index >= 15 is 0 Å². The van der Waals surface area contributed by atoms with Gasteiger partial charge in [0.25, 0.3) is 11.4 Å². The minimum atomic E-state index is -0.840. The maximum Gasteiger partial charge on any atom is 0.356 e. The van der Waals surface area contributed by atoms with Gasteiger partial charge in [-0.15, -0.1) is 0 Å². The molecule has 0 spiro atoms. The van der Waals surface area contributed by atoms with Gasteiger partial charge in [0.05, 0.1) is 47.4 Å². The molecule has 4 aliphatic heterocycles. The van der Waals surface area contributed by atoms with Crippen LogP contribution in [0.2, 0.25) is 0 Å². The summed E-state index contributed by atoms with van der Waals surface area (Å²) < 4.78 is 44.5. The zero-order chi connectivity index (χ0) is 57.6. The summed E-state index contributed by atoms with van der Waals surface area (Å²) in [5, 5.41) is 31.1. The number of aliphatic hydroxyl groups is 1. The highest BCUT2D eigenvalue weighted by Crippen LogP contribution is 2.53. The zero-order valence-corrected chi connectivity index (χ0v) is 45.9. The third-order valence-corrected chi connectivity index (χ3v) is 15.1. The number of esters is 2. The van der Waals surface area contributed by atoms with Crippen molar-refractivity contribution >= 4 is 58.7 Å². The molecule has 420 valence electrons. The Morgan fingerprint density at radius 3 is 1.38 bits per heavy atom. The van der Waals surface area contributed by atoms with E-state index in [0.717, 1.165) is 11.1 Å². The molecule has 0 unspecified atom stereocenters. The number of hydrogen-bond acceptors (Lipinski definition) is 19. The van der Waals surface area contributed by atoms with Crippen LogP contribution in [-0.4, -0.2) is 106 Å². The van der Waals surface area contributed by atoms with Crippen molar-refractivity contribution in [2.45, 2.75) is 50.8 Å². The molecule has 4 heterocycles. The molecular weight excluding hydrogens is 1080 g/mol. The SMILES string of the molecule is C=CCOC(=O)C1=C(/C=C/COc2ccc(COc3ccc([N+](=O)[O-])cc3)cc2OC)S[C@@H]2[C@@H](C(C)C)C(=O)N12.C=CCOC(=O)C1=C(/C=C/COc2ccc(COc3ccc([N+](=O)[O-])cc3)cc2OC)S[C@@H]2[C@@H]([C@@H](C)O)C(=O)N12. The lowest BCUT2D eigenvalue weighted by Crippen LogP contribution is -2.60. The van der Waals surface area contributed by atoms with Crippen molar-refractivity contribution in [1.82, 2.24) is 9.80 Å². The molecule has 5 atom stereocenters. The number of ether oxygens (including phenoxy) is 8. The van der Waals surface area contributed by atoms with Crippen LogP contribution in [0.1, 0.15) is 31.9 Å². The smallest absolute Gasteiger partial charge is 0.356 e. The summed E-state index contributed by atoms with van der Waals surface area (Å²) in [6, 6.07) is 22.4. The van der Waals surface area contributed by atoms with Crippen LogP contribution in [0.15, 0.2) is 156 Å². The lowest BCUT2D eigenvalue weighted by Gasteiger charge is -2.44. The number of carbonyl (C=O) groups is 4. The zero-order valence-electron chi connectivity index (χ0n) is 44.3. The van der Waals surface area contributed by atoms with Gasteiger partial charge in [-0.25, -0.2) is 9.59 Å². The number of rotatable bonds is 26. The second kappa shape index (κ2) is 27.4. The van der Waals surface area contributed by atoms with Crippen molar-refractivity contribution < 1.29 is 72.0 Å². The highest BCUT2D eigenvalue weighted by Gasteiger charge is 2.58. The Morgan fingerprint density at radius 2 is 1.01 bits per heavy atom. The first-order chi connectivity index (χ1) is 38.5. The molecule has 4 aliphatic rings. The van der Waals surface area contributed by atoms with E-state index in [1.54, 1.807) is 67.6 Å². The largest absolute Gasteiger partial charge is 0.493 e. The number of carbonyl (C=O) groups excluding carboxylic acids is 4. The van der Waals surface area contributed by atoms with Gasteiger partial charge in [-0.2, -0.15) is 0 Å². The van der Waals surface area contributed by atoms with Gasteiger partial charge in [0.15, 0.2) is 23.0 Å². The summed E-state index contributed by atoms with van der Waals surface area (Å²) in [6.45, 7) is 13.5. The standard InChI is InChI=1S/C29H30N2O8S.C28H28N2O9S/c1-5-14-38-29(33)26-24(40-28-25(18(2)3)27(32)30(26)28)7-6-15-37-22-13-8-19(16-23(22)36-4)17-39-21-11-9-20(10-12-21)31(34)35;1-4-13-38-28(33)25-23(40-27-24(17(2)31)26(32)29(25)27)6-5-14-37-21-12-7-18(15-22(21)36-3)16-39-20-10-8-19(9-11-20)30(34)35/h5-13,16,18,25,28H,1,14-15,17H2,2-4H3;4-12,15,17,24,27,31H,1,13-14,16H2,2-3H3/b7-6+;6-5+/t25-,28+;17-,24+,27-/m01/s1. The molecule has 2 amide bonds. The molecule has 0 saturated carbocycles. The quantitative estimate of drug-likeness (QED) is 0.0202. The monoisotopic (exact) mass is 1130 g/mol. The topological polar surface area (TPSA) is 255 Å². The van der Waals surface area contributed by atoms with Crippen molar-refractivity contribution in [3.05, 3.63) is 187 Å². The number of fused-ring (bicyclic) bond motifs is 2. The number of amides is 2. The van der Waals surface area contributed by atoms with E-state index in [-0.39, 0.29) is 96.8 Å². The lowest BCUT2D eigenvalue weighted by atomic mass is 9.86. The van der Waals surface area contributed by atoms with Gasteiger partial charge in [0.1, 0.15) is 67.9 Å². The van der Waals surface area contributed by atoms with E-state index < -0.39 is 33.8 Å². The predicted molar refractivity (Wildman–Crippen MR) is 296 cm³/mol. The number of nitro benzene ring substituents is 2. The summed E-state index contributed by atoms with van der Waals surface area (Å²) in [4.78, 5) is 75.5. The molecule has 80 heavy (non-hydrogen) atoms. The normalized spacial score (nSPS) is 18.3. The molecule has 4 aromatic carbocycles. The van der Waals surface area contributed by atoms with E-state index in [1.165, 1.54) is 96.1 Å². The van der Waals surface area contributed by atoms with Gasteiger partial charge in [-0.05, 0) is 96.8 Å². The van der Waals surface area contributed by atoms with Crippen LogP contribution in [0, 0.1) is 38.0 Å². The van der Waals surface area contributed by atoms with Crippen LogP contribution in [0.3, 0.4) is 0 Å². The molecule has 1 N–H and O–H groups in total. The Morgan fingerprint density at radius 1 is 0.613 bits per heavy atom. The predicted octanol–water partition coefficient (Wildman–Crippen LogP) is 9.22. The van der Waals surface area contributed by atoms with Crippen LogP contribution < -0.4 is 28.4 Å². The van der Waals surface area contributed by atoms with Crippen LogP contribution in [0.25, 0.3) is 0 Å². The second-order valence-electron chi connectivity index (χ2n) is 18.1. The van der Waals surface area contributed by atoms with Crippen LogP contribution in [0.4, 0.5) is 11.4 Å². The number of methoxy groups -OCH3 is 2. The van der Waals surface area contributed by atoms with Crippen molar-refractivity contribution in [3.8, 4) is 34.5 Å². The van der Waals surface area contributed by atoms with E-state index in [4.69, 9.17) is 37.9 Å². The van der Waals surface area contributed by atoms with Crippen LogP contribution in [0.5, 0.6) is 34.5 Å². The number of nitrogens with zero attached hydrogens (tertiary/aromatic N) is 4. The summed E-state index contributed by atoms with van der Waals surface area (Å²) in [5.74, 6) is 0.826. The van der Waals surface area contributed by atoms with Crippen molar-refractivity contribution in [1.29, 1.82) is 0 Å². The second-order valence-corrected chi connectivity index (χ2v) is 20.5. The Bertz CT molecular complexity index is 2910. The Labute approximate surface area is 469 Å². The molecule has 21 nitrogen and oxygen atoms in total. The van der Waals surface area contributed by atoms with Gasteiger partial charge in [-0.1, -0.05) is 74.8 Å². The molecule has 0 aromatic heterocycles. The molecule has 2 fully saturated rings. The molecule has 0 aliphatic carbocycles. The van der Waals surface area contributed by atoms with E-state index in [0.29, 0.717) is 44.3 Å². The lowest BCUT2D eigenvalue weighted by molar-refractivity contribution is -0.385. The van der Waals surface area contributed by atoms with E-state index in [1.807, 2.05) is 26.0 Å². The minimum Gasteiger partial charge on any atom is -0.493 e. The number of nitro groups is 2. The van der Waals surface area contributed by atoms with Gasteiger partial charge in [0, 0.05) is 34.1 Å². The third kappa shape index (κ3) is 13.8. The number of aliphatic hydroxyl groups excluding tert-OH is 1. The first-order valence-electron chi connectivity index (χ1n) is 24.9. The molecular formula is C57H58N4O17S2. The fourth-order valence-electron chi connectivity index (χ4n) is 8.50. The fourth-order valence-corrected chi connectivity index (χ4v) is 11.7. The summed E-state index contributed by atoms with van der Waals surface area (Å²) in [6.07, 6.45) is 9.04. The highest BCUT2D eigenvalue weighted by atomic mass is 32.2. The van der Waals surface area contributed by atoms with Crippen LogP contribution >= 0.6 is 23.5 Å². The first kappa shape index (κ1) is 59.1. The van der Waals surface area contributed by atoms with Gasteiger partial charge < -0.3 is 43.0 Å². The van der Waals surface area contributed by atoms with Crippen molar-refractivity contribution in [3.63, 3.8) is 0 Å². The van der Waals surface area contributed by atoms with Crippen LogP contribution in [-0.2, 0) is 41.9 Å². The maximum absolute atomic E-state index is 12.8. The maximum atomic E-state index is 12.8. The average molecular weight is 1140 g/mol. The summed E-state index contributed by atoms with van der Waals surface area (Å²) in [7, 11) is 3.05. The molecule has 8 rings (SSSR count). The van der Waals surface area contributed by atoms with E-state index in [9.17, 15) is 44.5 Å². The Balaban J connectivity index is 0.000000231.